The van der Waals surface area contributed by atoms with Gasteiger partial charge in [-0.05, 0) is 12.1 Å². The second-order valence-corrected chi connectivity index (χ2v) is 3.19. The number of pyridine rings is 1. The van der Waals surface area contributed by atoms with Crippen molar-refractivity contribution in [2.75, 3.05) is 0 Å². The van der Waals surface area contributed by atoms with E-state index in [4.69, 9.17) is 5.11 Å². The summed E-state index contributed by atoms with van der Waals surface area (Å²) in [7, 11) is 0. The van der Waals surface area contributed by atoms with Crippen molar-refractivity contribution in [3.05, 3.63) is 30.1 Å². The van der Waals surface area contributed by atoms with Crippen LogP contribution in [-0.2, 0) is 4.79 Å². The topological polar surface area (TPSA) is 99.5 Å². The van der Waals surface area contributed by atoms with Crippen LogP contribution in [0.1, 0.15) is 23.8 Å². The number of nitrogens with one attached hydrogen (secondary N) is 1. The number of carbonyl (C=O) groups is 2. The summed E-state index contributed by atoms with van der Waals surface area (Å²) in [6.07, 6.45) is 1.27. The number of aliphatic carboxylic acids is 1. The van der Waals surface area contributed by atoms with Crippen LogP contribution in [0.3, 0.4) is 0 Å². The Balaban J connectivity index is 2.82. The van der Waals surface area contributed by atoms with Gasteiger partial charge >= 0.3 is 5.97 Å². The molecule has 1 amide bonds. The molecule has 16 heavy (non-hydrogen) atoms. The van der Waals surface area contributed by atoms with Crippen molar-refractivity contribution >= 4 is 11.9 Å². The van der Waals surface area contributed by atoms with Gasteiger partial charge in [0.25, 0.3) is 5.91 Å². The second-order valence-electron chi connectivity index (χ2n) is 3.19. The van der Waals surface area contributed by atoms with Gasteiger partial charge in [-0.25, -0.2) is 4.79 Å². The van der Waals surface area contributed by atoms with Gasteiger partial charge in [0, 0.05) is 12.6 Å². The van der Waals surface area contributed by atoms with E-state index in [0.717, 1.165) is 0 Å². The summed E-state index contributed by atoms with van der Waals surface area (Å²) in [4.78, 5) is 26.0. The van der Waals surface area contributed by atoms with E-state index in [-0.39, 0.29) is 12.1 Å². The molecule has 0 aliphatic carbocycles. The molecule has 1 aromatic heterocycles. The molecule has 6 nitrogen and oxygen atoms in total. The molecule has 3 N–H and O–H groups in total. The van der Waals surface area contributed by atoms with Crippen molar-refractivity contribution in [1.29, 1.82) is 0 Å². The molecule has 0 saturated carbocycles. The predicted molar refractivity (Wildman–Crippen MR) is 54.6 cm³/mol. The van der Waals surface area contributed by atoms with Crippen molar-refractivity contribution in [2.45, 2.75) is 19.1 Å². The number of hydrogen-bond donors (Lipinski definition) is 3. The highest BCUT2D eigenvalue weighted by atomic mass is 16.4. The first kappa shape index (κ1) is 12.1. The highest BCUT2D eigenvalue weighted by Crippen LogP contribution is 2.07. The zero-order valence-corrected chi connectivity index (χ0v) is 8.67. The number of hydrogen-bond acceptors (Lipinski definition) is 4. The Bertz CT molecular complexity index is 393. The maximum absolute atomic E-state index is 11.5. The van der Waals surface area contributed by atoms with E-state index in [1.807, 2.05) is 5.32 Å². The van der Waals surface area contributed by atoms with Gasteiger partial charge in [-0.2, -0.15) is 0 Å². The van der Waals surface area contributed by atoms with Gasteiger partial charge in [0.2, 0.25) is 5.72 Å². The predicted octanol–water partition coefficient (Wildman–Crippen LogP) is -0.00540. The first-order chi connectivity index (χ1) is 7.49. The molecule has 1 aromatic rings. The average molecular weight is 224 g/mol. The smallest absolute Gasteiger partial charge is 0.357 e. The van der Waals surface area contributed by atoms with Crippen LogP contribution in [0.15, 0.2) is 24.4 Å². The number of carboxylic acid groups (broad SMARTS) is 1. The first-order valence-corrected chi connectivity index (χ1v) is 4.69. The van der Waals surface area contributed by atoms with Gasteiger partial charge in [-0.1, -0.05) is 13.0 Å². The van der Waals surface area contributed by atoms with Crippen molar-refractivity contribution in [1.82, 2.24) is 10.3 Å². The highest BCUT2D eigenvalue weighted by Gasteiger charge is 2.36. The third-order valence-corrected chi connectivity index (χ3v) is 2.08. The second kappa shape index (κ2) is 4.71. The first-order valence-electron chi connectivity index (χ1n) is 4.69. The van der Waals surface area contributed by atoms with Gasteiger partial charge in [-0.3, -0.25) is 9.78 Å². The van der Waals surface area contributed by atoms with Gasteiger partial charge < -0.3 is 15.5 Å². The maximum atomic E-state index is 11.5. The summed E-state index contributed by atoms with van der Waals surface area (Å²) in [5.41, 5.74) is -2.20. The van der Waals surface area contributed by atoms with Crippen molar-refractivity contribution in [3.63, 3.8) is 0 Å². The molecule has 86 valence electrons. The van der Waals surface area contributed by atoms with Crippen LogP contribution >= 0.6 is 0 Å². The third kappa shape index (κ3) is 2.54. The average Bonchev–Trinajstić information content (AvgIpc) is 2.29. The van der Waals surface area contributed by atoms with E-state index < -0.39 is 17.6 Å². The van der Waals surface area contributed by atoms with Crippen LogP contribution in [0, 0.1) is 0 Å². The molecular weight excluding hydrogens is 212 g/mol. The Morgan fingerprint density at radius 2 is 2.19 bits per heavy atom. The number of carboxylic acids is 1. The van der Waals surface area contributed by atoms with Crippen molar-refractivity contribution in [2.24, 2.45) is 0 Å². The number of aromatic nitrogens is 1. The molecule has 0 spiro atoms. The Hall–Kier alpha value is -1.95. The molecule has 1 atom stereocenters. The fraction of sp³-hybridized carbons (Fsp3) is 0.300. The van der Waals surface area contributed by atoms with E-state index in [9.17, 15) is 14.7 Å². The largest absolute Gasteiger partial charge is 0.478 e. The number of rotatable bonds is 4. The minimum atomic E-state index is -2.26. The molecule has 0 aliphatic rings. The van der Waals surface area contributed by atoms with E-state index in [1.54, 1.807) is 12.1 Å². The molecule has 0 aliphatic heterocycles. The molecule has 0 saturated heterocycles. The van der Waals surface area contributed by atoms with E-state index >= 15 is 0 Å². The Morgan fingerprint density at radius 1 is 1.50 bits per heavy atom. The number of aliphatic hydroxyl groups is 1. The van der Waals surface area contributed by atoms with Crippen LogP contribution in [0.5, 0.6) is 0 Å². The van der Waals surface area contributed by atoms with Crippen LogP contribution in [0.25, 0.3) is 0 Å². The van der Waals surface area contributed by atoms with Gasteiger partial charge in [-0.15, -0.1) is 0 Å². The van der Waals surface area contributed by atoms with Gasteiger partial charge in [0.15, 0.2) is 0 Å². The zero-order valence-electron chi connectivity index (χ0n) is 8.67. The van der Waals surface area contributed by atoms with Crippen LogP contribution in [0.4, 0.5) is 0 Å². The van der Waals surface area contributed by atoms with Crippen LogP contribution < -0.4 is 5.32 Å². The molecular formula is C10H12N2O4. The lowest BCUT2D eigenvalue weighted by molar-refractivity contribution is -0.161. The fourth-order valence-electron chi connectivity index (χ4n) is 1.04. The summed E-state index contributed by atoms with van der Waals surface area (Å²) in [5, 5.41) is 20.3. The van der Waals surface area contributed by atoms with E-state index in [2.05, 4.69) is 4.98 Å². The lowest BCUT2D eigenvalue weighted by atomic mass is 10.1. The highest BCUT2D eigenvalue weighted by molar-refractivity contribution is 5.95. The maximum Gasteiger partial charge on any atom is 0.357 e. The summed E-state index contributed by atoms with van der Waals surface area (Å²) < 4.78 is 0. The van der Waals surface area contributed by atoms with Crippen molar-refractivity contribution in [3.8, 4) is 0 Å². The van der Waals surface area contributed by atoms with Gasteiger partial charge in [0.05, 0.1) is 0 Å². The van der Waals surface area contributed by atoms with Gasteiger partial charge in [0.1, 0.15) is 5.69 Å². The molecule has 1 heterocycles. The SMILES string of the molecule is CCC(O)(NC(=O)c1ccccn1)C(=O)O. The summed E-state index contributed by atoms with van der Waals surface area (Å²) in [6, 6.07) is 4.64. The molecule has 0 aromatic carbocycles. The van der Waals surface area contributed by atoms with E-state index in [0.29, 0.717) is 0 Å². The monoisotopic (exact) mass is 224 g/mol. The Kier molecular flexibility index (Phi) is 3.57. The summed E-state index contributed by atoms with van der Waals surface area (Å²) >= 11 is 0. The number of nitrogens with zero attached hydrogens (tertiary/aromatic N) is 1. The van der Waals surface area contributed by atoms with E-state index in [1.165, 1.54) is 19.2 Å². The van der Waals surface area contributed by atoms with Crippen molar-refractivity contribution < 1.29 is 19.8 Å². The quantitative estimate of drug-likeness (QED) is 0.625. The van der Waals surface area contributed by atoms with Crippen LogP contribution in [-0.4, -0.2) is 32.8 Å². The molecule has 0 fully saturated rings. The zero-order chi connectivity index (χ0) is 12.2. The lowest BCUT2D eigenvalue weighted by Crippen LogP contribution is -2.54. The van der Waals surface area contributed by atoms with Crippen LogP contribution in [0.2, 0.25) is 0 Å². The minimum Gasteiger partial charge on any atom is -0.478 e. The molecule has 6 heteroatoms. The molecule has 0 radical (unpaired) electrons. The summed E-state index contributed by atoms with van der Waals surface area (Å²) in [5.74, 6) is -2.23. The minimum absolute atomic E-state index is 0.0515. The molecule has 0 bridgehead atoms. The Morgan fingerprint density at radius 3 is 2.62 bits per heavy atom. The third-order valence-electron chi connectivity index (χ3n) is 2.08. The normalized spacial score (nSPS) is 13.9. The molecule has 1 unspecified atom stereocenters. The number of amides is 1. The lowest BCUT2D eigenvalue weighted by Gasteiger charge is -2.22. The fourth-order valence-corrected chi connectivity index (χ4v) is 1.04. The summed E-state index contributed by atoms with van der Waals surface area (Å²) in [6.45, 7) is 1.45. The Labute approximate surface area is 91.9 Å². The molecule has 1 rings (SSSR count). The number of carbonyl (C=O) groups excluding carboxylic acids is 1. The standard InChI is InChI=1S/C10H12N2O4/c1-2-10(16,9(14)15)12-8(13)7-5-3-4-6-11-7/h3-6,16H,2H2,1H3,(H,12,13)(H,14,15).